The van der Waals surface area contributed by atoms with E-state index in [-0.39, 0.29) is 6.10 Å². The summed E-state index contributed by atoms with van der Waals surface area (Å²) in [5, 5.41) is 0. The number of aliphatic imine (C=N–C) groups is 1. The monoisotopic (exact) mass is 279 g/mol. The Morgan fingerprint density at radius 3 is 1.90 bits per heavy atom. The van der Waals surface area contributed by atoms with E-state index < -0.39 is 17.7 Å². The molecule has 0 aliphatic rings. The maximum Gasteiger partial charge on any atom is 0.364 e. The lowest BCUT2D eigenvalue weighted by molar-refractivity contribution is -0.138. The summed E-state index contributed by atoms with van der Waals surface area (Å²) in [5.41, 5.74) is 0.0134. The quantitative estimate of drug-likeness (QED) is 0.467. The largest absolute Gasteiger partial charge is 0.491 e. The SMILES string of the molecule is COC(=O)C(=Nc1ccc(OC(C)C)cc1)C(=O)OC. The normalized spacial score (nSPS) is 9.85. The highest BCUT2D eigenvalue weighted by atomic mass is 16.5. The Hall–Kier alpha value is -2.37. The topological polar surface area (TPSA) is 74.2 Å². The van der Waals surface area contributed by atoms with Crippen LogP contribution in [0.3, 0.4) is 0 Å². The average Bonchev–Trinajstić information content (AvgIpc) is 2.44. The van der Waals surface area contributed by atoms with Crippen molar-refractivity contribution in [1.82, 2.24) is 0 Å². The van der Waals surface area contributed by atoms with E-state index in [1.54, 1.807) is 24.3 Å². The van der Waals surface area contributed by atoms with Crippen molar-refractivity contribution >= 4 is 23.3 Å². The molecule has 0 aromatic heterocycles. The molecule has 1 rings (SSSR count). The summed E-state index contributed by atoms with van der Waals surface area (Å²) < 4.78 is 14.5. The Balaban J connectivity index is 2.99. The van der Waals surface area contributed by atoms with Gasteiger partial charge in [-0.25, -0.2) is 14.6 Å². The maximum absolute atomic E-state index is 11.5. The zero-order chi connectivity index (χ0) is 15.1. The van der Waals surface area contributed by atoms with Crippen molar-refractivity contribution in [3.8, 4) is 5.75 Å². The summed E-state index contributed by atoms with van der Waals surface area (Å²) in [7, 11) is 2.33. The van der Waals surface area contributed by atoms with Crippen molar-refractivity contribution in [3.05, 3.63) is 24.3 Å². The minimum absolute atomic E-state index is 0.0602. The highest BCUT2D eigenvalue weighted by Crippen LogP contribution is 2.19. The Morgan fingerprint density at radius 1 is 1.00 bits per heavy atom. The van der Waals surface area contributed by atoms with E-state index in [4.69, 9.17) is 4.74 Å². The second-order valence-electron chi connectivity index (χ2n) is 4.10. The van der Waals surface area contributed by atoms with Gasteiger partial charge in [0.2, 0.25) is 5.71 Å². The molecule has 0 aliphatic heterocycles. The molecule has 20 heavy (non-hydrogen) atoms. The Morgan fingerprint density at radius 2 is 1.50 bits per heavy atom. The Labute approximate surface area is 117 Å². The first kappa shape index (κ1) is 15.7. The number of ether oxygens (including phenoxy) is 3. The summed E-state index contributed by atoms with van der Waals surface area (Å²) in [6, 6.07) is 6.66. The molecule has 1 aromatic carbocycles. The summed E-state index contributed by atoms with van der Waals surface area (Å²) in [4.78, 5) is 26.8. The van der Waals surface area contributed by atoms with Gasteiger partial charge in [0.05, 0.1) is 26.0 Å². The van der Waals surface area contributed by atoms with E-state index in [0.29, 0.717) is 11.4 Å². The van der Waals surface area contributed by atoms with Crippen LogP contribution >= 0.6 is 0 Å². The maximum atomic E-state index is 11.5. The van der Waals surface area contributed by atoms with E-state index in [2.05, 4.69) is 14.5 Å². The zero-order valence-electron chi connectivity index (χ0n) is 11.9. The van der Waals surface area contributed by atoms with Crippen LogP contribution in [-0.2, 0) is 19.1 Å². The Bertz CT molecular complexity index is 487. The predicted molar refractivity (Wildman–Crippen MR) is 73.3 cm³/mol. The van der Waals surface area contributed by atoms with Crippen LogP contribution in [0.2, 0.25) is 0 Å². The van der Waals surface area contributed by atoms with Gasteiger partial charge in [0, 0.05) is 0 Å². The van der Waals surface area contributed by atoms with Crippen molar-refractivity contribution in [2.75, 3.05) is 14.2 Å². The molecule has 0 spiro atoms. The molecule has 1 aromatic rings. The minimum Gasteiger partial charge on any atom is -0.491 e. The molecular formula is C14H17NO5. The van der Waals surface area contributed by atoms with Gasteiger partial charge in [-0.1, -0.05) is 0 Å². The summed E-state index contributed by atoms with van der Waals surface area (Å²) in [5.74, 6) is -1.02. The second kappa shape index (κ2) is 7.28. The highest BCUT2D eigenvalue weighted by Gasteiger charge is 2.22. The number of hydrogen-bond acceptors (Lipinski definition) is 6. The lowest BCUT2D eigenvalue weighted by Gasteiger charge is -2.09. The molecule has 0 unspecified atom stereocenters. The van der Waals surface area contributed by atoms with Crippen molar-refractivity contribution in [3.63, 3.8) is 0 Å². The van der Waals surface area contributed by atoms with E-state index >= 15 is 0 Å². The van der Waals surface area contributed by atoms with Crippen LogP contribution in [-0.4, -0.2) is 38.0 Å². The van der Waals surface area contributed by atoms with E-state index in [1.165, 1.54) is 14.2 Å². The molecule has 0 amide bonds. The molecule has 0 aliphatic carbocycles. The van der Waals surface area contributed by atoms with Gasteiger partial charge in [0.25, 0.3) is 0 Å². The summed E-state index contributed by atoms with van der Waals surface area (Å²) in [6.07, 6.45) is 0.0602. The molecule has 0 saturated heterocycles. The van der Waals surface area contributed by atoms with E-state index in [0.717, 1.165) is 0 Å². The summed E-state index contributed by atoms with van der Waals surface area (Å²) in [6.45, 7) is 3.83. The van der Waals surface area contributed by atoms with Gasteiger partial charge in [-0.3, -0.25) is 0 Å². The standard InChI is InChI=1S/C14H17NO5/c1-9(2)20-11-7-5-10(6-8-11)15-12(13(16)18-3)14(17)19-4/h5-9H,1-4H3. The molecule has 0 bridgehead atoms. The smallest absolute Gasteiger partial charge is 0.364 e. The molecule has 6 heteroatoms. The van der Waals surface area contributed by atoms with Crippen molar-refractivity contribution in [2.45, 2.75) is 20.0 Å². The fourth-order valence-electron chi connectivity index (χ4n) is 1.37. The highest BCUT2D eigenvalue weighted by molar-refractivity contribution is 6.62. The van der Waals surface area contributed by atoms with Gasteiger partial charge < -0.3 is 14.2 Å². The van der Waals surface area contributed by atoms with Crippen LogP contribution in [0.4, 0.5) is 5.69 Å². The van der Waals surface area contributed by atoms with Crippen molar-refractivity contribution in [1.29, 1.82) is 0 Å². The third-order valence-electron chi connectivity index (χ3n) is 2.21. The third kappa shape index (κ3) is 4.38. The molecule has 0 atom stereocenters. The lowest BCUT2D eigenvalue weighted by atomic mass is 10.3. The predicted octanol–water partition coefficient (Wildman–Crippen LogP) is 1.89. The average molecular weight is 279 g/mol. The fourth-order valence-corrected chi connectivity index (χ4v) is 1.37. The molecule has 0 radical (unpaired) electrons. The molecule has 6 nitrogen and oxygen atoms in total. The molecule has 0 heterocycles. The fraction of sp³-hybridized carbons (Fsp3) is 0.357. The molecule has 0 fully saturated rings. The number of methoxy groups -OCH3 is 2. The number of esters is 2. The number of benzene rings is 1. The van der Waals surface area contributed by atoms with Gasteiger partial charge in [-0.15, -0.1) is 0 Å². The number of nitrogens with zero attached hydrogens (tertiary/aromatic N) is 1. The van der Waals surface area contributed by atoms with Gasteiger partial charge in [-0.2, -0.15) is 0 Å². The van der Waals surface area contributed by atoms with Gasteiger partial charge in [-0.05, 0) is 38.1 Å². The van der Waals surface area contributed by atoms with Crippen LogP contribution in [0.15, 0.2) is 29.3 Å². The van der Waals surface area contributed by atoms with Crippen molar-refractivity contribution in [2.24, 2.45) is 4.99 Å². The second-order valence-corrected chi connectivity index (χ2v) is 4.10. The van der Waals surface area contributed by atoms with E-state index in [9.17, 15) is 9.59 Å². The summed E-state index contributed by atoms with van der Waals surface area (Å²) >= 11 is 0. The van der Waals surface area contributed by atoms with Crippen molar-refractivity contribution < 1.29 is 23.8 Å². The Kier molecular flexibility index (Phi) is 5.71. The first-order chi connectivity index (χ1) is 9.47. The first-order valence-corrected chi connectivity index (χ1v) is 6.00. The molecule has 0 saturated carbocycles. The zero-order valence-corrected chi connectivity index (χ0v) is 11.9. The lowest BCUT2D eigenvalue weighted by Crippen LogP contribution is -2.26. The number of carbonyl (C=O) groups is 2. The molecular weight excluding hydrogens is 262 g/mol. The number of hydrogen-bond donors (Lipinski definition) is 0. The van der Waals surface area contributed by atoms with Gasteiger partial charge in [0.1, 0.15) is 5.75 Å². The van der Waals surface area contributed by atoms with Crippen LogP contribution in [0.5, 0.6) is 5.75 Å². The van der Waals surface area contributed by atoms with E-state index in [1.807, 2.05) is 13.8 Å². The van der Waals surface area contributed by atoms with Crippen LogP contribution in [0, 0.1) is 0 Å². The van der Waals surface area contributed by atoms with Gasteiger partial charge in [0.15, 0.2) is 0 Å². The van der Waals surface area contributed by atoms with Crippen LogP contribution in [0.1, 0.15) is 13.8 Å². The van der Waals surface area contributed by atoms with Gasteiger partial charge >= 0.3 is 11.9 Å². The molecule has 108 valence electrons. The van der Waals surface area contributed by atoms with Crippen LogP contribution < -0.4 is 4.74 Å². The minimum atomic E-state index is -0.848. The number of carbonyl (C=O) groups excluding carboxylic acids is 2. The third-order valence-corrected chi connectivity index (χ3v) is 2.21. The molecule has 0 N–H and O–H groups in total. The first-order valence-electron chi connectivity index (χ1n) is 6.00. The number of rotatable bonds is 5. The van der Waals surface area contributed by atoms with Crippen LogP contribution in [0.25, 0.3) is 0 Å².